The molecule has 9 heteroatoms. The average molecular weight is 370 g/mol. The van der Waals surface area contributed by atoms with Crippen LogP contribution in [0.1, 0.15) is 35.3 Å². The summed E-state index contributed by atoms with van der Waals surface area (Å²) in [6.45, 7) is 5.13. The van der Waals surface area contributed by atoms with E-state index in [1.165, 1.54) is 0 Å². The minimum Gasteiger partial charge on any atom is -0.467 e. The van der Waals surface area contributed by atoms with Crippen molar-refractivity contribution in [1.82, 2.24) is 24.9 Å². The standard InChI is InChI=1S/C18H22N6O3/c1-3-23-12-15(21-16(25)7-9-24-13(2)6-8-20-24)17(22-23)18(26)19-11-14-5-4-10-27-14/h4-6,8,10,12H,3,7,9,11H2,1-2H3,(H,19,26)(H,21,25). The van der Waals surface area contributed by atoms with Gasteiger partial charge in [0.1, 0.15) is 5.76 Å². The van der Waals surface area contributed by atoms with Crippen molar-refractivity contribution in [2.45, 2.75) is 39.9 Å². The fraction of sp³-hybridized carbons (Fsp3) is 0.333. The van der Waals surface area contributed by atoms with E-state index in [-0.39, 0.29) is 30.5 Å². The second kappa shape index (κ2) is 8.35. The van der Waals surface area contributed by atoms with Crippen LogP contribution in [0.3, 0.4) is 0 Å². The zero-order valence-corrected chi connectivity index (χ0v) is 15.3. The maximum atomic E-state index is 12.5. The summed E-state index contributed by atoms with van der Waals surface area (Å²) in [4.78, 5) is 24.8. The number of aromatic nitrogens is 4. The third-order valence-corrected chi connectivity index (χ3v) is 4.06. The molecule has 0 spiro atoms. The molecule has 3 heterocycles. The monoisotopic (exact) mass is 370 g/mol. The number of hydrogen-bond acceptors (Lipinski definition) is 5. The van der Waals surface area contributed by atoms with Crippen molar-refractivity contribution in [3.8, 4) is 0 Å². The number of anilines is 1. The van der Waals surface area contributed by atoms with Gasteiger partial charge in [-0.25, -0.2) is 0 Å². The summed E-state index contributed by atoms with van der Waals surface area (Å²) in [7, 11) is 0. The minimum atomic E-state index is -0.378. The lowest BCUT2D eigenvalue weighted by molar-refractivity contribution is -0.116. The van der Waals surface area contributed by atoms with Gasteiger partial charge in [0, 0.05) is 37.6 Å². The van der Waals surface area contributed by atoms with E-state index in [1.807, 2.05) is 19.9 Å². The Hall–Kier alpha value is -3.36. The fourth-order valence-corrected chi connectivity index (χ4v) is 2.56. The Morgan fingerprint density at radius 1 is 1.30 bits per heavy atom. The van der Waals surface area contributed by atoms with Gasteiger partial charge in [0.05, 0.1) is 18.5 Å². The second-order valence-electron chi connectivity index (χ2n) is 6.00. The second-order valence-corrected chi connectivity index (χ2v) is 6.00. The smallest absolute Gasteiger partial charge is 0.274 e. The maximum Gasteiger partial charge on any atom is 0.274 e. The quantitative estimate of drug-likeness (QED) is 0.630. The highest BCUT2D eigenvalue weighted by Gasteiger charge is 2.18. The highest BCUT2D eigenvalue weighted by molar-refractivity contribution is 6.02. The van der Waals surface area contributed by atoms with Crippen molar-refractivity contribution in [3.63, 3.8) is 0 Å². The van der Waals surface area contributed by atoms with E-state index in [4.69, 9.17) is 4.42 Å². The molecular weight excluding hydrogens is 348 g/mol. The summed E-state index contributed by atoms with van der Waals surface area (Å²) >= 11 is 0. The Balaban J connectivity index is 1.63. The summed E-state index contributed by atoms with van der Waals surface area (Å²) in [6, 6.07) is 5.40. The number of rotatable bonds is 8. The SMILES string of the molecule is CCn1cc(NC(=O)CCn2nccc2C)c(C(=O)NCc2ccco2)n1. The van der Waals surface area contributed by atoms with E-state index in [1.54, 1.807) is 40.2 Å². The van der Waals surface area contributed by atoms with Crippen LogP contribution in [0.4, 0.5) is 5.69 Å². The lowest BCUT2D eigenvalue weighted by Crippen LogP contribution is -2.25. The molecule has 9 nitrogen and oxygen atoms in total. The molecule has 0 aliphatic rings. The van der Waals surface area contributed by atoms with E-state index in [0.717, 1.165) is 5.69 Å². The Kier molecular flexibility index (Phi) is 5.70. The van der Waals surface area contributed by atoms with Gasteiger partial charge in [0.15, 0.2) is 5.69 Å². The van der Waals surface area contributed by atoms with Crippen molar-refractivity contribution in [2.24, 2.45) is 0 Å². The van der Waals surface area contributed by atoms with Gasteiger partial charge in [-0.05, 0) is 32.0 Å². The Morgan fingerprint density at radius 3 is 2.81 bits per heavy atom. The molecule has 3 rings (SSSR count). The van der Waals surface area contributed by atoms with Crippen molar-refractivity contribution >= 4 is 17.5 Å². The fourth-order valence-electron chi connectivity index (χ4n) is 2.56. The summed E-state index contributed by atoms with van der Waals surface area (Å²) in [5.74, 6) is 0.0518. The third kappa shape index (κ3) is 4.63. The molecule has 142 valence electrons. The Morgan fingerprint density at radius 2 is 2.15 bits per heavy atom. The normalized spacial score (nSPS) is 10.7. The first-order valence-electron chi connectivity index (χ1n) is 8.73. The summed E-state index contributed by atoms with van der Waals surface area (Å²) in [5, 5.41) is 13.9. The van der Waals surface area contributed by atoms with E-state index < -0.39 is 0 Å². The zero-order chi connectivity index (χ0) is 19.2. The topological polar surface area (TPSA) is 107 Å². The number of carbonyl (C=O) groups excluding carboxylic acids is 2. The van der Waals surface area contributed by atoms with Gasteiger partial charge in [-0.1, -0.05) is 0 Å². The van der Waals surface area contributed by atoms with Crippen molar-refractivity contribution < 1.29 is 14.0 Å². The molecule has 0 bridgehead atoms. The summed E-state index contributed by atoms with van der Waals surface area (Å²) in [5.41, 5.74) is 1.54. The molecule has 0 saturated carbocycles. The molecule has 0 aromatic carbocycles. The highest BCUT2D eigenvalue weighted by Crippen LogP contribution is 2.15. The van der Waals surface area contributed by atoms with Crippen molar-refractivity contribution in [3.05, 3.63) is 54.0 Å². The van der Waals surface area contributed by atoms with Gasteiger partial charge in [0.2, 0.25) is 5.91 Å². The maximum absolute atomic E-state index is 12.5. The number of carbonyl (C=O) groups is 2. The first-order valence-corrected chi connectivity index (χ1v) is 8.73. The van der Waals surface area contributed by atoms with Gasteiger partial charge in [0.25, 0.3) is 5.91 Å². The summed E-state index contributed by atoms with van der Waals surface area (Å²) in [6.07, 6.45) is 5.13. The lowest BCUT2D eigenvalue weighted by atomic mass is 10.3. The van der Waals surface area contributed by atoms with Gasteiger partial charge >= 0.3 is 0 Å². The number of hydrogen-bond donors (Lipinski definition) is 2. The van der Waals surface area contributed by atoms with Crippen molar-refractivity contribution in [1.29, 1.82) is 0 Å². The van der Waals surface area contributed by atoms with Crippen LogP contribution in [0.25, 0.3) is 0 Å². The molecule has 2 N–H and O–H groups in total. The average Bonchev–Trinajstić information content (AvgIpc) is 3.39. The van der Waals surface area contributed by atoms with E-state index >= 15 is 0 Å². The number of nitrogens with one attached hydrogen (secondary N) is 2. The molecule has 0 aliphatic carbocycles. The Labute approximate surface area is 156 Å². The Bertz CT molecular complexity index is 910. The minimum absolute atomic E-state index is 0.173. The van der Waals surface area contributed by atoms with Crippen LogP contribution < -0.4 is 10.6 Å². The van der Waals surface area contributed by atoms with Gasteiger partial charge < -0.3 is 15.1 Å². The van der Waals surface area contributed by atoms with Gasteiger partial charge in [-0.2, -0.15) is 10.2 Å². The largest absolute Gasteiger partial charge is 0.467 e. The van der Waals surface area contributed by atoms with Crippen LogP contribution in [0, 0.1) is 6.92 Å². The molecule has 0 fully saturated rings. The van der Waals surface area contributed by atoms with Crippen LogP contribution in [0.15, 0.2) is 41.3 Å². The van der Waals surface area contributed by atoms with Gasteiger partial charge in [-0.15, -0.1) is 0 Å². The molecule has 0 aliphatic heterocycles. The molecule has 27 heavy (non-hydrogen) atoms. The molecule has 0 saturated heterocycles. The number of nitrogens with zero attached hydrogens (tertiary/aromatic N) is 4. The van der Waals surface area contributed by atoms with E-state index in [0.29, 0.717) is 24.5 Å². The number of amides is 2. The predicted molar refractivity (Wildman–Crippen MR) is 98.0 cm³/mol. The van der Waals surface area contributed by atoms with E-state index in [9.17, 15) is 9.59 Å². The van der Waals surface area contributed by atoms with Crippen molar-refractivity contribution in [2.75, 3.05) is 5.32 Å². The molecular formula is C18H22N6O3. The number of furan rings is 1. The molecule has 0 unspecified atom stereocenters. The van der Waals surface area contributed by atoms with E-state index in [2.05, 4.69) is 20.8 Å². The molecule has 2 amide bonds. The predicted octanol–water partition coefficient (Wildman–Crippen LogP) is 1.96. The molecule has 0 atom stereocenters. The summed E-state index contributed by atoms with van der Waals surface area (Å²) < 4.78 is 8.56. The van der Waals surface area contributed by atoms with Crippen LogP contribution >= 0.6 is 0 Å². The van der Waals surface area contributed by atoms with Crippen LogP contribution in [0.2, 0.25) is 0 Å². The molecule has 3 aromatic heterocycles. The van der Waals surface area contributed by atoms with Crippen LogP contribution in [0.5, 0.6) is 0 Å². The number of aryl methyl sites for hydroxylation is 3. The van der Waals surface area contributed by atoms with Gasteiger partial charge in [-0.3, -0.25) is 19.0 Å². The lowest BCUT2D eigenvalue weighted by Gasteiger charge is -2.07. The first-order chi connectivity index (χ1) is 13.1. The molecule has 0 radical (unpaired) electrons. The highest BCUT2D eigenvalue weighted by atomic mass is 16.3. The molecule has 3 aromatic rings. The first kappa shape index (κ1) is 18.4. The van der Waals surface area contributed by atoms with Crippen LogP contribution in [-0.2, 0) is 24.4 Å². The zero-order valence-electron chi connectivity index (χ0n) is 15.3. The third-order valence-electron chi connectivity index (χ3n) is 4.06. The van der Waals surface area contributed by atoms with Crippen LogP contribution in [-0.4, -0.2) is 31.4 Å².